The smallest absolute Gasteiger partial charge is 0.231 e. The van der Waals surface area contributed by atoms with Crippen LogP contribution >= 0.6 is 0 Å². The highest BCUT2D eigenvalue weighted by Gasteiger charge is 2.14. The fourth-order valence-electron chi connectivity index (χ4n) is 2.72. The van der Waals surface area contributed by atoms with E-state index in [1.807, 2.05) is 6.07 Å². The van der Waals surface area contributed by atoms with Gasteiger partial charge in [0.05, 0.1) is 0 Å². The zero-order chi connectivity index (χ0) is 12.9. The molecular formula is C15H22N2O2. The Hall–Kier alpha value is -1.26. The molecule has 3 rings (SSSR count). The number of benzene rings is 1. The lowest BCUT2D eigenvalue weighted by Gasteiger charge is -2.22. The predicted molar refractivity (Wildman–Crippen MR) is 74.7 cm³/mol. The molecule has 0 aliphatic carbocycles. The van der Waals surface area contributed by atoms with Crippen molar-refractivity contribution in [2.45, 2.75) is 19.3 Å². The molecule has 1 aromatic rings. The van der Waals surface area contributed by atoms with Crippen LogP contribution in [0.3, 0.4) is 0 Å². The Morgan fingerprint density at radius 1 is 1.16 bits per heavy atom. The van der Waals surface area contributed by atoms with Gasteiger partial charge < -0.3 is 20.1 Å². The summed E-state index contributed by atoms with van der Waals surface area (Å²) in [7, 11) is 0. The highest BCUT2D eigenvalue weighted by atomic mass is 16.7. The van der Waals surface area contributed by atoms with Gasteiger partial charge in [-0.1, -0.05) is 6.07 Å². The molecule has 0 spiro atoms. The molecule has 1 aromatic carbocycles. The van der Waals surface area contributed by atoms with Crippen molar-refractivity contribution in [2.24, 2.45) is 5.92 Å². The van der Waals surface area contributed by atoms with E-state index in [0.717, 1.165) is 36.9 Å². The Bertz CT molecular complexity index is 417. The lowest BCUT2D eigenvalue weighted by molar-refractivity contribution is 0.174. The van der Waals surface area contributed by atoms with Gasteiger partial charge in [-0.25, -0.2) is 0 Å². The van der Waals surface area contributed by atoms with Crippen LogP contribution in [0.5, 0.6) is 11.5 Å². The maximum atomic E-state index is 5.39. The Morgan fingerprint density at radius 2 is 2.00 bits per heavy atom. The van der Waals surface area contributed by atoms with Crippen LogP contribution < -0.4 is 20.1 Å². The van der Waals surface area contributed by atoms with Crippen LogP contribution in [-0.2, 0) is 6.42 Å². The van der Waals surface area contributed by atoms with Gasteiger partial charge in [-0.2, -0.15) is 0 Å². The second-order valence-corrected chi connectivity index (χ2v) is 5.34. The molecule has 0 atom stereocenters. The number of nitrogens with one attached hydrogen (secondary N) is 2. The summed E-state index contributed by atoms with van der Waals surface area (Å²) in [5.74, 6) is 2.60. The average Bonchev–Trinajstić information content (AvgIpc) is 2.92. The Balaban J connectivity index is 1.40. The van der Waals surface area contributed by atoms with E-state index in [4.69, 9.17) is 9.47 Å². The lowest BCUT2D eigenvalue weighted by atomic mass is 9.98. The van der Waals surface area contributed by atoms with Crippen molar-refractivity contribution >= 4 is 0 Å². The number of fused-ring (bicyclic) bond motifs is 1. The highest BCUT2D eigenvalue weighted by Crippen LogP contribution is 2.32. The van der Waals surface area contributed by atoms with Crippen LogP contribution in [0.15, 0.2) is 18.2 Å². The first-order valence-electron chi connectivity index (χ1n) is 7.22. The number of piperidine rings is 1. The third-order valence-corrected chi connectivity index (χ3v) is 3.92. The molecular weight excluding hydrogens is 240 g/mol. The van der Waals surface area contributed by atoms with E-state index in [9.17, 15) is 0 Å². The summed E-state index contributed by atoms with van der Waals surface area (Å²) in [4.78, 5) is 0. The standard InChI is InChI=1S/C15H22N2O2/c1-2-14-15(19-11-18-14)9-12(1)3-8-17-10-13-4-6-16-7-5-13/h1-2,9,13,16-17H,3-8,10-11H2. The molecule has 1 fully saturated rings. The van der Waals surface area contributed by atoms with Gasteiger partial charge >= 0.3 is 0 Å². The maximum absolute atomic E-state index is 5.39. The van der Waals surface area contributed by atoms with Crippen molar-refractivity contribution < 1.29 is 9.47 Å². The third kappa shape index (κ3) is 3.39. The first-order valence-corrected chi connectivity index (χ1v) is 7.22. The second-order valence-electron chi connectivity index (χ2n) is 5.34. The summed E-state index contributed by atoms with van der Waals surface area (Å²) in [6.45, 7) is 4.88. The molecule has 0 aromatic heterocycles. The predicted octanol–water partition coefficient (Wildman–Crippen LogP) is 1.55. The Kier molecular flexibility index (Phi) is 4.20. The average molecular weight is 262 g/mol. The summed E-state index contributed by atoms with van der Waals surface area (Å²) in [5, 5.41) is 6.97. The normalized spacial score (nSPS) is 18.7. The molecule has 2 aliphatic heterocycles. The molecule has 2 N–H and O–H groups in total. The molecule has 0 bridgehead atoms. The zero-order valence-corrected chi connectivity index (χ0v) is 11.3. The molecule has 19 heavy (non-hydrogen) atoms. The summed E-state index contributed by atoms with van der Waals surface area (Å²) in [6.07, 6.45) is 3.65. The fourth-order valence-corrected chi connectivity index (χ4v) is 2.72. The van der Waals surface area contributed by atoms with Crippen LogP contribution in [0.25, 0.3) is 0 Å². The molecule has 2 aliphatic rings. The first-order chi connectivity index (χ1) is 9.42. The van der Waals surface area contributed by atoms with Crippen LogP contribution in [0.2, 0.25) is 0 Å². The van der Waals surface area contributed by atoms with Gasteiger partial charge in [-0.3, -0.25) is 0 Å². The van der Waals surface area contributed by atoms with E-state index in [1.165, 1.54) is 31.5 Å². The molecule has 4 heteroatoms. The van der Waals surface area contributed by atoms with Crippen molar-refractivity contribution in [1.82, 2.24) is 10.6 Å². The van der Waals surface area contributed by atoms with E-state index in [1.54, 1.807) is 0 Å². The molecule has 0 unspecified atom stereocenters. The minimum atomic E-state index is 0.354. The van der Waals surface area contributed by atoms with Crippen molar-refractivity contribution in [3.63, 3.8) is 0 Å². The number of ether oxygens (including phenoxy) is 2. The van der Waals surface area contributed by atoms with Gasteiger partial charge in [0.1, 0.15) is 0 Å². The first kappa shape index (κ1) is 12.8. The van der Waals surface area contributed by atoms with Crippen LogP contribution in [-0.4, -0.2) is 33.0 Å². The quantitative estimate of drug-likeness (QED) is 0.790. The minimum absolute atomic E-state index is 0.354. The molecule has 0 radical (unpaired) electrons. The molecule has 104 valence electrons. The topological polar surface area (TPSA) is 42.5 Å². The molecule has 4 nitrogen and oxygen atoms in total. The van der Waals surface area contributed by atoms with Gasteiger partial charge in [0, 0.05) is 0 Å². The number of hydrogen-bond acceptors (Lipinski definition) is 4. The third-order valence-electron chi connectivity index (χ3n) is 3.92. The number of rotatable bonds is 5. The van der Waals surface area contributed by atoms with Gasteiger partial charge in [-0.05, 0) is 69.1 Å². The van der Waals surface area contributed by atoms with Gasteiger partial charge in [-0.15, -0.1) is 0 Å². The van der Waals surface area contributed by atoms with E-state index in [-0.39, 0.29) is 0 Å². The largest absolute Gasteiger partial charge is 0.454 e. The Labute approximate surface area is 114 Å². The van der Waals surface area contributed by atoms with Gasteiger partial charge in [0.25, 0.3) is 0 Å². The zero-order valence-electron chi connectivity index (χ0n) is 11.3. The summed E-state index contributed by atoms with van der Waals surface area (Å²) in [5.41, 5.74) is 1.31. The Morgan fingerprint density at radius 3 is 2.89 bits per heavy atom. The lowest BCUT2D eigenvalue weighted by Crippen LogP contribution is -2.34. The van der Waals surface area contributed by atoms with Crippen LogP contribution in [0.1, 0.15) is 18.4 Å². The van der Waals surface area contributed by atoms with Crippen molar-refractivity contribution in [2.75, 3.05) is 33.0 Å². The summed E-state index contributed by atoms with van der Waals surface area (Å²) in [6, 6.07) is 6.22. The second kappa shape index (κ2) is 6.26. The maximum Gasteiger partial charge on any atom is 0.231 e. The molecule has 2 heterocycles. The van der Waals surface area contributed by atoms with Crippen molar-refractivity contribution in [3.8, 4) is 11.5 Å². The highest BCUT2D eigenvalue weighted by molar-refractivity contribution is 5.44. The van der Waals surface area contributed by atoms with Gasteiger partial charge in [0.2, 0.25) is 6.79 Å². The molecule has 0 saturated carbocycles. The van der Waals surface area contributed by atoms with E-state index >= 15 is 0 Å². The minimum Gasteiger partial charge on any atom is -0.454 e. The fraction of sp³-hybridized carbons (Fsp3) is 0.600. The SMILES string of the molecule is c1cc2c(cc1CCNCC1CCNCC1)OCO2. The van der Waals surface area contributed by atoms with Crippen LogP contribution in [0.4, 0.5) is 0 Å². The van der Waals surface area contributed by atoms with Crippen molar-refractivity contribution in [3.05, 3.63) is 23.8 Å². The van der Waals surface area contributed by atoms with E-state index in [0.29, 0.717) is 6.79 Å². The van der Waals surface area contributed by atoms with Crippen LogP contribution in [0, 0.1) is 5.92 Å². The van der Waals surface area contributed by atoms with Crippen molar-refractivity contribution in [1.29, 1.82) is 0 Å². The summed E-state index contributed by atoms with van der Waals surface area (Å²) >= 11 is 0. The van der Waals surface area contributed by atoms with Gasteiger partial charge in [0.15, 0.2) is 11.5 Å². The van der Waals surface area contributed by atoms with E-state index in [2.05, 4.69) is 22.8 Å². The van der Waals surface area contributed by atoms with E-state index < -0.39 is 0 Å². The molecule has 0 amide bonds. The summed E-state index contributed by atoms with van der Waals surface area (Å²) < 4.78 is 10.7. The monoisotopic (exact) mass is 262 g/mol. The molecule has 1 saturated heterocycles. The number of hydrogen-bond donors (Lipinski definition) is 2.